The molecule has 98 valence electrons. The number of nitrogens with zero attached hydrogens (tertiary/aromatic N) is 1. The standard InChI is InChI=1S/C13H17ClN2O2/c1-9-6-11(2-3-12(9)14)18-8-13(17)16-5-4-10(15)7-16/h2-3,6,10H,4-5,7-8,15H2,1H3/t10-/m1/s1. The first kappa shape index (κ1) is 13.2. The molecule has 1 aromatic carbocycles. The van der Waals surface area contributed by atoms with Gasteiger partial charge in [0.05, 0.1) is 0 Å². The number of amides is 1. The lowest BCUT2D eigenvalue weighted by Crippen LogP contribution is -2.35. The summed E-state index contributed by atoms with van der Waals surface area (Å²) in [5.41, 5.74) is 6.69. The van der Waals surface area contributed by atoms with Gasteiger partial charge < -0.3 is 15.4 Å². The maximum Gasteiger partial charge on any atom is 0.260 e. The van der Waals surface area contributed by atoms with Crippen molar-refractivity contribution in [2.75, 3.05) is 19.7 Å². The predicted molar refractivity (Wildman–Crippen MR) is 70.9 cm³/mol. The van der Waals surface area contributed by atoms with Crippen LogP contribution in [0.2, 0.25) is 5.02 Å². The Morgan fingerprint density at radius 1 is 1.61 bits per heavy atom. The van der Waals surface area contributed by atoms with Gasteiger partial charge in [-0.05, 0) is 37.1 Å². The van der Waals surface area contributed by atoms with E-state index in [0.29, 0.717) is 17.3 Å². The number of carbonyl (C=O) groups excluding carboxylic acids is 1. The number of halogens is 1. The number of nitrogens with two attached hydrogens (primary N) is 1. The van der Waals surface area contributed by atoms with Gasteiger partial charge in [-0.25, -0.2) is 0 Å². The molecular weight excluding hydrogens is 252 g/mol. The highest BCUT2D eigenvalue weighted by molar-refractivity contribution is 6.31. The fourth-order valence-corrected chi connectivity index (χ4v) is 2.07. The number of aryl methyl sites for hydroxylation is 1. The van der Waals surface area contributed by atoms with Gasteiger partial charge >= 0.3 is 0 Å². The molecule has 0 aromatic heterocycles. The fourth-order valence-electron chi connectivity index (χ4n) is 1.96. The van der Waals surface area contributed by atoms with Gasteiger partial charge in [0.15, 0.2) is 6.61 Å². The summed E-state index contributed by atoms with van der Waals surface area (Å²) < 4.78 is 5.46. The van der Waals surface area contributed by atoms with Gasteiger partial charge in [-0.3, -0.25) is 4.79 Å². The number of rotatable bonds is 3. The van der Waals surface area contributed by atoms with Crippen molar-refractivity contribution in [3.8, 4) is 5.75 Å². The molecule has 0 unspecified atom stereocenters. The van der Waals surface area contributed by atoms with E-state index >= 15 is 0 Å². The zero-order valence-electron chi connectivity index (χ0n) is 10.4. The van der Waals surface area contributed by atoms with Crippen LogP contribution >= 0.6 is 11.6 Å². The van der Waals surface area contributed by atoms with Gasteiger partial charge in [-0.1, -0.05) is 11.6 Å². The van der Waals surface area contributed by atoms with E-state index in [-0.39, 0.29) is 18.6 Å². The highest BCUT2D eigenvalue weighted by atomic mass is 35.5. The molecule has 1 aliphatic rings. The molecule has 0 bridgehead atoms. The van der Waals surface area contributed by atoms with Crippen LogP contribution in [0.5, 0.6) is 5.75 Å². The molecule has 1 fully saturated rings. The Morgan fingerprint density at radius 3 is 3.00 bits per heavy atom. The second kappa shape index (κ2) is 5.59. The summed E-state index contributed by atoms with van der Waals surface area (Å²) in [6, 6.07) is 5.46. The molecule has 4 nitrogen and oxygen atoms in total. The van der Waals surface area contributed by atoms with E-state index in [1.165, 1.54) is 0 Å². The predicted octanol–water partition coefficient (Wildman–Crippen LogP) is 1.59. The molecule has 18 heavy (non-hydrogen) atoms. The van der Waals surface area contributed by atoms with Gasteiger partial charge in [0.1, 0.15) is 5.75 Å². The topological polar surface area (TPSA) is 55.6 Å². The van der Waals surface area contributed by atoms with Gasteiger partial charge in [-0.15, -0.1) is 0 Å². The lowest BCUT2D eigenvalue weighted by molar-refractivity contribution is -0.132. The molecule has 0 aliphatic carbocycles. The molecule has 1 atom stereocenters. The van der Waals surface area contributed by atoms with Gasteiger partial charge in [0.25, 0.3) is 5.91 Å². The average Bonchev–Trinajstić information content (AvgIpc) is 2.77. The van der Waals surface area contributed by atoms with E-state index < -0.39 is 0 Å². The largest absolute Gasteiger partial charge is 0.484 e. The van der Waals surface area contributed by atoms with E-state index in [9.17, 15) is 4.79 Å². The van der Waals surface area contributed by atoms with Crippen molar-refractivity contribution in [2.45, 2.75) is 19.4 Å². The Labute approximate surface area is 112 Å². The second-order valence-corrected chi connectivity index (χ2v) is 5.00. The second-order valence-electron chi connectivity index (χ2n) is 4.59. The van der Waals surface area contributed by atoms with Crippen LogP contribution in [0.3, 0.4) is 0 Å². The number of likely N-dealkylation sites (tertiary alicyclic amines) is 1. The summed E-state index contributed by atoms with van der Waals surface area (Å²) in [4.78, 5) is 13.6. The van der Waals surface area contributed by atoms with Crippen LogP contribution in [0.1, 0.15) is 12.0 Å². The lowest BCUT2D eigenvalue weighted by atomic mass is 10.2. The summed E-state index contributed by atoms with van der Waals surface area (Å²) >= 11 is 5.92. The summed E-state index contributed by atoms with van der Waals surface area (Å²) in [5, 5.41) is 0.694. The van der Waals surface area contributed by atoms with Crippen LogP contribution in [-0.2, 0) is 4.79 Å². The minimum Gasteiger partial charge on any atom is -0.484 e. The number of carbonyl (C=O) groups is 1. The fraction of sp³-hybridized carbons (Fsp3) is 0.462. The van der Waals surface area contributed by atoms with E-state index in [1.54, 1.807) is 17.0 Å². The third-order valence-corrected chi connectivity index (χ3v) is 3.49. The molecule has 1 aliphatic heterocycles. The molecule has 1 saturated heterocycles. The molecular formula is C13H17ClN2O2. The van der Waals surface area contributed by atoms with Crippen LogP contribution in [0.25, 0.3) is 0 Å². The number of hydrogen-bond acceptors (Lipinski definition) is 3. The van der Waals surface area contributed by atoms with Gasteiger partial charge in [0.2, 0.25) is 0 Å². The highest BCUT2D eigenvalue weighted by Gasteiger charge is 2.23. The summed E-state index contributed by atoms with van der Waals surface area (Å²) in [5.74, 6) is 0.643. The Bertz CT molecular complexity index is 451. The molecule has 0 radical (unpaired) electrons. The number of benzene rings is 1. The Balaban J connectivity index is 1.87. The monoisotopic (exact) mass is 268 g/mol. The van der Waals surface area contributed by atoms with Crippen LogP contribution < -0.4 is 10.5 Å². The number of hydrogen-bond donors (Lipinski definition) is 1. The summed E-state index contributed by atoms with van der Waals surface area (Å²) in [6.07, 6.45) is 0.867. The molecule has 2 rings (SSSR count). The minimum absolute atomic E-state index is 0.0180. The van der Waals surface area contributed by atoms with Crippen molar-refractivity contribution in [1.29, 1.82) is 0 Å². The maximum absolute atomic E-state index is 11.8. The maximum atomic E-state index is 11.8. The third-order valence-electron chi connectivity index (χ3n) is 3.07. The first-order valence-electron chi connectivity index (χ1n) is 5.98. The SMILES string of the molecule is Cc1cc(OCC(=O)N2CC[C@@H](N)C2)ccc1Cl. The summed E-state index contributed by atoms with van der Waals surface area (Å²) in [6.45, 7) is 3.30. The average molecular weight is 269 g/mol. The van der Waals surface area contributed by atoms with Crippen molar-refractivity contribution in [2.24, 2.45) is 5.73 Å². The molecule has 0 spiro atoms. The van der Waals surface area contributed by atoms with Crippen LogP contribution in [0, 0.1) is 6.92 Å². The smallest absolute Gasteiger partial charge is 0.260 e. The van der Waals surface area contributed by atoms with Gasteiger partial charge in [-0.2, -0.15) is 0 Å². The Kier molecular flexibility index (Phi) is 4.09. The highest BCUT2D eigenvalue weighted by Crippen LogP contribution is 2.21. The van der Waals surface area contributed by atoms with E-state index in [0.717, 1.165) is 18.5 Å². The lowest BCUT2D eigenvalue weighted by Gasteiger charge is -2.16. The number of ether oxygens (including phenoxy) is 1. The molecule has 2 N–H and O–H groups in total. The van der Waals surface area contributed by atoms with Crippen molar-refractivity contribution < 1.29 is 9.53 Å². The molecule has 5 heteroatoms. The minimum atomic E-state index is -0.0180. The third kappa shape index (κ3) is 3.15. The molecule has 1 aromatic rings. The Morgan fingerprint density at radius 2 is 2.39 bits per heavy atom. The Hall–Kier alpha value is -1.26. The van der Waals surface area contributed by atoms with Crippen LogP contribution in [-0.4, -0.2) is 36.5 Å². The van der Waals surface area contributed by atoms with E-state index in [1.807, 2.05) is 13.0 Å². The zero-order valence-corrected chi connectivity index (χ0v) is 11.1. The normalized spacial score (nSPS) is 19.1. The van der Waals surface area contributed by atoms with Crippen molar-refractivity contribution >= 4 is 17.5 Å². The van der Waals surface area contributed by atoms with Crippen LogP contribution in [0.4, 0.5) is 0 Å². The molecule has 1 amide bonds. The van der Waals surface area contributed by atoms with Crippen molar-refractivity contribution in [3.63, 3.8) is 0 Å². The molecule has 0 saturated carbocycles. The van der Waals surface area contributed by atoms with E-state index in [2.05, 4.69) is 0 Å². The van der Waals surface area contributed by atoms with Gasteiger partial charge in [0, 0.05) is 24.2 Å². The van der Waals surface area contributed by atoms with Crippen molar-refractivity contribution in [1.82, 2.24) is 4.90 Å². The van der Waals surface area contributed by atoms with Crippen molar-refractivity contribution in [3.05, 3.63) is 28.8 Å². The zero-order chi connectivity index (χ0) is 13.1. The first-order chi connectivity index (χ1) is 8.56. The first-order valence-corrected chi connectivity index (χ1v) is 6.36. The quantitative estimate of drug-likeness (QED) is 0.906. The van der Waals surface area contributed by atoms with Crippen LogP contribution in [0.15, 0.2) is 18.2 Å². The van der Waals surface area contributed by atoms with E-state index in [4.69, 9.17) is 22.1 Å². The molecule has 1 heterocycles. The summed E-state index contributed by atoms with van der Waals surface area (Å²) in [7, 11) is 0.